The monoisotopic (exact) mass is 490 g/mol. The van der Waals surface area contributed by atoms with Gasteiger partial charge in [-0.3, -0.25) is 4.90 Å². The number of sulfonamides is 1. The highest BCUT2D eigenvalue weighted by Crippen LogP contribution is 2.43. The van der Waals surface area contributed by atoms with Crippen molar-refractivity contribution in [3.8, 4) is 11.1 Å². The average molecular weight is 491 g/mol. The Morgan fingerprint density at radius 2 is 1.49 bits per heavy atom. The van der Waals surface area contributed by atoms with E-state index >= 15 is 0 Å². The first-order valence-electron chi connectivity index (χ1n) is 12.5. The Balaban J connectivity index is 1.43. The van der Waals surface area contributed by atoms with Crippen LogP contribution in [0.2, 0.25) is 0 Å². The van der Waals surface area contributed by atoms with E-state index in [0.717, 1.165) is 36.1 Å². The van der Waals surface area contributed by atoms with Crippen molar-refractivity contribution in [3.05, 3.63) is 89.5 Å². The van der Waals surface area contributed by atoms with Gasteiger partial charge in [0.15, 0.2) is 0 Å². The van der Waals surface area contributed by atoms with Crippen molar-refractivity contribution in [2.24, 2.45) is 0 Å². The van der Waals surface area contributed by atoms with E-state index in [0.29, 0.717) is 18.0 Å². The Labute approximate surface area is 209 Å². The second kappa shape index (κ2) is 9.86. The van der Waals surface area contributed by atoms with Gasteiger partial charge in [0.1, 0.15) is 0 Å². The smallest absolute Gasteiger partial charge is 0.243 e. The standard InChI is InChI=1S/C29H34N2O3S/c1-21-9-11-23(12-10-21)24-13-15-25(16-14-24)29-26-19-30(17-5-6-18-31(26)27(29)20-32)35(33,34)28-8-4-3-7-22(28)2/h3-4,7-16,26-27,29,32H,5-6,17-20H2,1-2H3/t26-,27-,29-/m1/s1. The molecule has 5 rings (SSSR count). The predicted octanol–water partition coefficient (Wildman–Crippen LogP) is 4.58. The summed E-state index contributed by atoms with van der Waals surface area (Å²) in [6, 6.07) is 24.4. The summed E-state index contributed by atoms with van der Waals surface area (Å²) in [5.74, 6) is 0.0970. The number of fused-ring (bicyclic) bond motifs is 1. The van der Waals surface area contributed by atoms with E-state index in [1.807, 2.05) is 19.1 Å². The molecule has 184 valence electrons. The summed E-state index contributed by atoms with van der Waals surface area (Å²) < 4.78 is 28.9. The van der Waals surface area contributed by atoms with Crippen molar-refractivity contribution >= 4 is 10.0 Å². The van der Waals surface area contributed by atoms with E-state index in [-0.39, 0.29) is 24.6 Å². The third-order valence-corrected chi connectivity index (χ3v) is 9.75. The third kappa shape index (κ3) is 4.56. The molecule has 2 heterocycles. The minimum absolute atomic E-state index is 0.0198. The Bertz CT molecular complexity index is 1270. The van der Waals surface area contributed by atoms with E-state index in [1.54, 1.807) is 16.4 Å². The first-order valence-corrected chi connectivity index (χ1v) is 13.9. The molecule has 3 aromatic carbocycles. The number of nitrogens with zero attached hydrogens (tertiary/aromatic N) is 2. The number of benzene rings is 3. The van der Waals surface area contributed by atoms with Crippen LogP contribution in [0.1, 0.15) is 35.4 Å². The molecule has 3 aromatic rings. The molecule has 0 spiro atoms. The summed E-state index contributed by atoms with van der Waals surface area (Å²) in [5, 5.41) is 10.2. The lowest BCUT2D eigenvalue weighted by Crippen LogP contribution is -2.67. The van der Waals surface area contributed by atoms with Crippen molar-refractivity contribution in [3.63, 3.8) is 0 Å². The van der Waals surface area contributed by atoms with Crippen LogP contribution in [-0.2, 0) is 10.0 Å². The fraction of sp³-hybridized carbons (Fsp3) is 0.379. The molecule has 0 unspecified atom stereocenters. The van der Waals surface area contributed by atoms with Gasteiger partial charge in [-0.2, -0.15) is 4.31 Å². The van der Waals surface area contributed by atoms with Gasteiger partial charge in [-0.25, -0.2) is 8.42 Å². The quantitative estimate of drug-likeness (QED) is 0.569. The third-order valence-electron chi connectivity index (χ3n) is 7.72. The number of aliphatic hydroxyl groups excluding tert-OH is 1. The number of hydrogen-bond acceptors (Lipinski definition) is 4. The molecule has 2 aliphatic heterocycles. The van der Waals surface area contributed by atoms with Gasteiger partial charge in [0.2, 0.25) is 10.0 Å². The van der Waals surface area contributed by atoms with Crippen molar-refractivity contribution in [1.82, 2.24) is 9.21 Å². The minimum atomic E-state index is -3.59. The van der Waals surface area contributed by atoms with Gasteiger partial charge in [0.05, 0.1) is 11.5 Å². The molecule has 2 fully saturated rings. The van der Waals surface area contributed by atoms with Crippen LogP contribution in [0.25, 0.3) is 11.1 Å². The number of aryl methyl sites for hydroxylation is 2. The fourth-order valence-corrected chi connectivity index (χ4v) is 7.48. The van der Waals surface area contributed by atoms with Gasteiger partial charge >= 0.3 is 0 Å². The Morgan fingerprint density at radius 1 is 0.857 bits per heavy atom. The normalized spacial score (nSPS) is 23.7. The molecule has 2 saturated heterocycles. The second-order valence-electron chi connectivity index (χ2n) is 9.90. The van der Waals surface area contributed by atoms with Crippen LogP contribution in [0.5, 0.6) is 0 Å². The molecule has 5 nitrogen and oxygen atoms in total. The van der Waals surface area contributed by atoms with Crippen LogP contribution in [-0.4, -0.2) is 61.1 Å². The van der Waals surface area contributed by atoms with E-state index in [1.165, 1.54) is 11.1 Å². The largest absolute Gasteiger partial charge is 0.395 e. The van der Waals surface area contributed by atoms with Gasteiger partial charge in [0, 0.05) is 31.1 Å². The summed E-state index contributed by atoms with van der Waals surface area (Å²) in [6.07, 6.45) is 1.74. The van der Waals surface area contributed by atoms with Crippen molar-refractivity contribution in [2.45, 2.75) is 49.6 Å². The Kier molecular flexibility index (Phi) is 6.82. The zero-order chi connectivity index (χ0) is 24.6. The maximum Gasteiger partial charge on any atom is 0.243 e. The minimum Gasteiger partial charge on any atom is -0.395 e. The van der Waals surface area contributed by atoms with Crippen LogP contribution in [0.4, 0.5) is 0 Å². The molecule has 0 aliphatic carbocycles. The highest BCUT2D eigenvalue weighted by Gasteiger charge is 2.50. The molecule has 35 heavy (non-hydrogen) atoms. The van der Waals surface area contributed by atoms with Crippen LogP contribution < -0.4 is 0 Å². The SMILES string of the molecule is Cc1ccc(-c2ccc([C@H]3[C@@H](CO)N4CCCCN(S(=O)(=O)c5ccccc5C)C[C@H]34)cc2)cc1. The summed E-state index contributed by atoms with van der Waals surface area (Å²) in [6.45, 7) is 5.88. The van der Waals surface area contributed by atoms with Crippen LogP contribution in [0, 0.1) is 13.8 Å². The van der Waals surface area contributed by atoms with E-state index < -0.39 is 10.0 Å². The van der Waals surface area contributed by atoms with Crippen molar-refractivity contribution < 1.29 is 13.5 Å². The van der Waals surface area contributed by atoms with Crippen molar-refractivity contribution in [1.29, 1.82) is 0 Å². The first kappa shape index (κ1) is 24.2. The van der Waals surface area contributed by atoms with E-state index in [2.05, 4.69) is 60.4 Å². The fourth-order valence-electron chi connectivity index (χ4n) is 5.76. The summed E-state index contributed by atoms with van der Waals surface area (Å²) in [5.41, 5.74) is 5.51. The Hall–Kier alpha value is -2.51. The lowest BCUT2D eigenvalue weighted by molar-refractivity contribution is -0.0553. The molecule has 0 saturated carbocycles. The van der Waals surface area contributed by atoms with Gasteiger partial charge < -0.3 is 5.11 Å². The maximum atomic E-state index is 13.6. The maximum absolute atomic E-state index is 13.6. The highest BCUT2D eigenvalue weighted by atomic mass is 32.2. The zero-order valence-electron chi connectivity index (χ0n) is 20.5. The van der Waals surface area contributed by atoms with Crippen LogP contribution >= 0.6 is 0 Å². The predicted molar refractivity (Wildman–Crippen MR) is 140 cm³/mol. The van der Waals surface area contributed by atoms with Gasteiger partial charge in [-0.05, 0) is 61.6 Å². The second-order valence-corrected chi connectivity index (χ2v) is 11.8. The van der Waals surface area contributed by atoms with Gasteiger partial charge in [-0.15, -0.1) is 0 Å². The highest BCUT2D eigenvalue weighted by molar-refractivity contribution is 7.89. The molecule has 0 amide bonds. The topological polar surface area (TPSA) is 60.9 Å². The van der Waals surface area contributed by atoms with Crippen LogP contribution in [0.15, 0.2) is 77.7 Å². The molecular weight excluding hydrogens is 456 g/mol. The molecular formula is C29H34N2O3S. The first-order chi connectivity index (χ1) is 16.9. The van der Waals surface area contributed by atoms with Crippen molar-refractivity contribution in [2.75, 3.05) is 26.2 Å². The lowest BCUT2D eigenvalue weighted by atomic mass is 9.74. The van der Waals surface area contributed by atoms with Gasteiger partial charge in [0.25, 0.3) is 0 Å². The van der Waals surface area contributed by atoms with Gasteiger partial charge in [-0.1, -0.05) is 72.3 Å². The summed E-state index contributed by atoms with van der Waals surface area (Å²) in [4.78, 5) is 2.71. The number of hydrogen-bond donors (Lipinski definition) is 1. The Morgan fingerprint density at radius 3 is 2.14 bits per heavy atom. The van der Waals surface area contributed by atoms with Crippen LogP contribution in [0.3, 0.4) is 0 Å². The molecule has 3 atom stereocenters. The number of rotatable bonds is 5. The molecule has 0 aromatic heterocycles. The molecule has 6 heteroatoms. The molecule has 0 bridgehead atoms. The molecule has 1 N–H and O–H groups in total. The molecule has 0 radical (unpaired) electrons. The summed E-state index contributed by atoms with van der Waals surface area (Å²) in [7, 11) is -3.59. The molecule has 2 aliphatic rings. The average Bonchev–Trinajstić information content (AvgIpc) is 2.84. The zero-order valence-corrected chi connectivity index (χ0v) is 21.3. The van der Waals surface area contributed by atoms with E-state index in [9.17, 15) is 13.5 Å². The lowest BCUT2D eigenvalue weighted by Gasteiger charge is -2.57. The summed E-state index contributed by atoms with van der Waals surface area (Å²) >= 11 is 0. The van der Waals surface area contributed by atoms with E-state index in [4.69, 9.17) is 0 Å². The number of aliphatic hydroxyl groups is 1.